The summed E-state index contributed by atoms with van der Waals surface area (Å²) in [6.07, 6.45) is 2.30. The average Bonchev–Trinajstić information content (AvgIpc) is 3.31. The van der Waals surface area contributed by atoms with Crippen molar-refractivity contribution in [1.82, 2.24) is 4.81 Å². The molecule has 2 heterocycles. The Bertz CT molecular complexity index is 860. The fourth-order valence-corrected chi connectivity index (χ4v) is 5.23. The Kier molecular flexibility index (Phi) is 4.15. The van der Waals surface area contributed by atoms with Crippen molar-refractivity contribution >= 4 is 7.05 Å². The first kappa shape index (κ1) is 16.8. The average molecular weight is 353 g/mol. The molecule has 27 heavy (non-hydrogen) atoms. The van der Waals surface area contributed by atoms with Gasteiger partial charge in [-0.2, -0.15) is 0 Å². The second-order valence-electron chi connectivity index (χ2n) is 7.65. The van der Waals surface area contributed by atoms with Crippen LogP contribution in [0.1, 0.15) is 35.6 Å². The Morgan fingerprint density at radius 2 is 1.30 bits per heavy atom. The van der Waals surface area contributed by atoms with Gasteiger partial charge in [0, 0.05) is 12.1 Å². The minimum atomic E-state index is -0.411. The number of hydrogen-bond acceptors (Lipinski definition) is 2. The molecular weight excluding hydrogens is 329 g/mol. The molecule has 0 aliphatic carbocycles. The van der Waals surface area contributed by atoms with Crippen LogP contribution < -0.4 is 0 Å². The van der Waals surface area contributed by atoms with E-state index in [1.165, 1.54) is 23.1 Å². The summed E-state index contributed by atoms with van der Waals surface area (Å²) in [7, 11) is 0.0723. The van der Waals surface area contributed by atoms with Crippen molar-refractivity contribution in [3.8, 4) is 0 Å². The van der Waals surface area contributed by atoms with E-state index in [9.17, 15) is 0 Å². The maximum absolute atomic E-state index is 6.87. The van der Waals surface area contributed by atoms with E-state index in [-0.39, 0.29) is 7.05 Å². The quantitative estimate of drug-likeness (QED) is 0.594. The standard InChI is InChI=1S/C24H24BNO/c1-25-26-22(19-11-5-2-6-12-19)17-18-23(26)24(27-25,20-13-7-3-8-14-20)21-15-9-4-10-16-21/h2-16,22-23H,17-18H2,1H3. The molecule has 2 aliphatic heterocycles. The Labute approximate surface area is 161 Å². The lowest BCUT2D eigenvalue weighted by molar-refractivity contribution is 0.104. The lowest BCUT2D eigenvalue weighted by Gasteiger charge is -2.36. The highest BCUT2D eigenvalue weighted by molar-refractivity contribution is 6.48. The van der Waals surface area contributed by atoms with Crippen LogP contribution >= 0.6 is 0 Å². The molecule has 2 aliphatic rings. The van der Waals surface area contributed by atoms with Gasteiger partial charge in [-0.25, -0.2) is 0 Å². The van der Waals surface area contributed by atoms with E-state index < -0.39 is 5.60 Å². The number of rotatable bonds is 3. The first-order valence-electron chi connectivity index (χ1n) is 9.92. The van der Waals surface area contributed by atoms with Gasteiger partial charge in [-0.1, -0.05) is 91.0 Å². The number of fused-ring (bicyclic) bond motifs is 1. The lowest BCUT2D eigenvalue weighted by atomic mass is 9.79. The summed E-state index contributed by atoms with van der Waals surface area (Å²) in [5.41, 5.74) is 3.49. The first-order chi connectivity index (χ1) is 13.3. The van der Waals surface area contributed by atoms with Gasteiger partial charge in [0.05, 0.1) is 0 Å². The molecule has 2 saturated heterocycles. The van der Waals surface area contributed by atoms with E-state index in [0.29, 0.717) is 12.1 Å². The van der Waals surface area contributed by atoms with Crippen LogP contribution in [0, 0.1) is 0 Å². The van der Waals surface area contributed by atoms with Crippen molar-refractivity contribution < 1.29 is 4.65 Å². The van der Waals surface area contributed by atoms with E-state index in [0.717, 1.165) is 6.42 Å². The topological polar surface area (TPSA) is 12.5 Å². The lowest BCUT2D eigenvalue weighted by Crippen LogP contribution is -2.41. The van der Waals surface area contributed by atoms with Gasteiger partial charge in [0.15, 0.2) is 0 Å². The SMILES string of the molecule is CB1OC(c2ccccc2)(c2ccccc2)C2CCC(c3ccccc3)N12. The summed E-state index contributed by atoms with van der Waals surface area (Å²) in [6, 6.07) is 33.2. The van der Waals surface area contributed by atoms with Gasteiger partial charge in [0.25, 0.3) is 0 Å². The third-order valence-electron chi connectivity index (χ3n) is 6.27. The second-order valence-corrected chi connectivity index (χ2v) is 7.65. The monoisotopic (exact) mass is 353 g/mol. The Morgan fingerprint density at radius 1 is 0.778 bits per heavy atom. The smallest absolute Gasteiger partial charge is 0.380 e. The Morgan fingerprint density at radius 3 is 1.85 bits per heavy atom. The van der Waals surface area contributed by atoms with Crippen LogP contribution in [0.4, 0.5) is 0 Å². The number of hydrogen-bond donors (Lipinski definition) is 0. The molecule has 0 radical (unpaired) electrons. The molecule has 2 unspecified atom stereocenters. The van der Waals surface area contributed by atoms with Gasteiger partial charge in [0.2, 0.25) is 0 Å². The summed E-state index contributed by atoms with van der Waals surface area (Å²) in [6.45, 7) is 2.21. The molecular formula is C24H24BNO. The number of benzene rings is 3. The van der Waals surface area contributed by atoms with E-state index >= 15 is 0 Å². The van der Waals surface area contributed by atoms with E-state index in [4.69, 9.17) is 4.65 Å². The molecule has 134 valence electrons. The third kappa shape index (κ3) is 2.57. The zero-order valence-corrected chi connectivity index (χ0v) is 15.7. The molecule has 0 saturated carbocycles. The Hall–Kier alpha value is -2.36. The molecule has 3 aromatic rings. The largest absolute Gasteiger partial charge is 0.406 e. The molecule has 0 spiro atoms. The van der Waals surface area contributed by atoms with Crippen molar-refractivity contribution in [3.05, 3.63) is 108 Å². The highest BCUT2D eigenvalue weighted by Crippen LogP contribution is 2.53. The molecule has 0 aromatic heterocycles. The summed E-state index contributed by atoms with van der Waals surface area (Å²) >= 11 is 0. The summed E-state index contributed by atoms with van der Waals surface area (Å²) in [5, 5.41) is 0. The minimum absolute atomic E-state index is 0.0723. The van der Waals surface area contributed by atoms with Crippen LogP contribution in [0.2, 0.25) is 6.82 Å². The normalized spacial score (nSPS) is 24.1. The maximum atomic E-state index is 6.87. The maximum Gasteiger partial charge on any atom is 0.380 e. The van der Waals surface area contributed by atoms with E-state index in [1.807, 2.05) is 0 Å². The van der Waals surface area contributed by atoms with Crippen LogP contribution in [0.15, 0.2) is 91.0 Å². The van der Waals surface area contributed by atoms with Crippen LogP contribution in [0.5, 0.6) is 0 Å². The van der Waals surface area contributed by atoms with Crippen molar-refractivity contribution in [2.45, 2.75) is 37.3 Å². The predicted molar refractivity (Wildman–Crippen MR) is 110 cm³/mol. The van der Waals surface area contributed by atoms with Crippen LogP contribution in [-0.2, 0) is 10.3 Å². The van der Waals surface area contributed by atoms with Gasteiger partial charge >= 0.3 is 7.05 Å². The predicted octanol–water partition coefficient (Wildman–Crippen LogP) is 5.28. The van der Waals surface area contributed by atoms with Crippen molar-refractivity contribution in [2.75, 3.05) is 0 Å². The molecule has 5 rings (SSSR count). The molecule has 2 nitrogen and oxygen atoms in total. The highest BCUT2D eigenvalue weighted by Gasteiger charge is 2.59. The van der Waals surface area contributed by atoms with Gasteiger partial charge in [-0.05, 0) is 36.4 Å². The fraction of sp³-hybridized carbons (Fsp3) is 0.250. The van der Waals surface area contributed by atoms with Gasteiger partial charge in [-0.15, -0.1) is 0 Å². The van der Waals surface area contributed by atoms with E-state index in [1.54, 1.807) is 0 Å². The molecule has 2 atom stereocenters. The number of nitrogens with zero attached hydrogens (tertiary/aromatic N) is 1. The van der Waals surface area contributed by atoms with Crippen molar-refractivity contribution in [3.63, 3.8) is 0 Å². The van der Waals surface area contributed by atoms with Crippen LogP contribution in [-0.4, -0.2) is 17.9 Å². The van der Waals surface area contributed by atoms with Gasteiger partial charge in [-0.3, -0.25) is 0 Å². The zero-order chi connectivity index (χ0) is 18.3. The van der Waals surface area contributed by atoms with E-state index in [2.05, 4.69) is 103 Å². The molecule has 0 N–H and O–H groups in total. The van der Waals surface area contributed by atoms with Gasteiger partial charge in [0.1, 0.15) is 5.60 Å². The molecule has 0 amide bonds. The fourth-order valence-electron chi connectivity index (χ4n) is 5.23. The highest BCUT2D eigenvalue weighted by atomic mass is 16.5. The van der Waals surface area contributed by atoms with Crippen LogP contribution in [0.25, 0.3) is 0 Å². The Balaban J connectivity index is 1.64. The second kappa shape index (κ2) is 6.67. The van der Waals surface area contributed by atoms with Crippen molar-refractivity contribution in [2.24, 2.45) is 0 Å². The zero-order valence-electron chi connectivity index (χ0n) is 15.7. The molecule has 2 fully saturated rings. The summed E-state index contributed by atoms with van der Waals surface area (Å²) in [4.78, 5) is 2.61. The first-order valence-corrected chi connectivity index (χ1v) is 9.92. The molecule has 3 aromatic carbocycles. The minimum Gasteiger partial charge on any atom is -0.406 e. The summed E-state index contributed by atoms with van der Waals surface area (Å²) < 4.78 is 6.87. The van der Waals surface area contributed by atoms with Crippen molar-refractivity contribution in [1.29, 1.82) is 0 Å². The molecule has 0 bridgehead atoms. The van der Waals surface area contributed by atoms with Crippen LogP contribution in [0.3, 0.4) is 0 Å². The summed E-state index contributed by atoms with van der Waals surface area (Å²) in [5.74, 6) is 0. The van der Waals surface area contributed by atoms with Gasteiger partial charge < -0.3 is 9.47 Å². The third-order valence-corrected chi connectivity index (χ3v) is 6.27. The molecule has 3 heteroatoms.